The van der Waals surface area contributed by atoms with Gasteiger partial charge in [-0.25, -0.2) is 4.98 Å². The molecule has 0 aliphatic carbocycles. The van der Waals surface area contributed by atoms with E-state index < -0.39 is 0 Å². The molecule has 0 spiro atoms. The van der Waals surface area contributed by atoms with E-state index in [1.807, 2.05) is 42.5 Å². The van der Waals surface area contributed by atoms with Gasteiger partial charge in [0.15, 0.2) is 5.58 Å². The zero-order valence-electron chi connectivity index (χ0n) is 20.6. The minimum Gasteiger partial charge on any atom is -0.495 e. The molecule has 0 fully saturated rings. The van der Waals surface area contributed by atoms with Crippen molar-refractivity contribution in [2.45, 2.75) is 19.8 Å². The molecule has 0 aliphatic heterocycles. The molecule has 0 saturated carbocycles. The van der Waals surface area contributed by atoms with Crippen molar-refractivity contribution >= 4 is 40.4 Å². The molecule has 5 aromatic rings. The number of oxazole rings is 1. The molecule has 6 nitrogen and oxygen atoms in total. The molecule has 1 amide bonds. The molecule has 2 heterocycles. The van der Waals surface area contributed by atoms with E-state index in [1.165, 1.54) is 11.6 Å². The number of fused-ring (bicyclic) bond motifs is 1. The van der Waals surface area contributed by atoms with E-state index in [2.05, 4.69) is 24.1 Å². The molecule has 37 heavy (non-hydrogen) atoms. The molecular formula is C30H25ClN2O4. The first-order chi connectivity index (χ1) is 17.9. The lowest BCUT2D eigenvalue weighted by molar-refractivity contribution is -0.111. The summed E-state index contributed by atoms with van der Waals surface area (Å²) in [6.07, 6.45) is 3.02. The van der Waals surface area contributed by atoms with E-state index in [0.29, 0.717) is 45.4 Å². The lowest BCUT2D eigenvalue weighted by atomic mass is 10.0. The number of carbonyl (C=O) groups excluding carboxylic acids is 1. The Kier molecular flexibility index (Phi) is 6.84. The van der Waals surface area contributed by atoms with Crippen molar-refractivity contribution in [3.05, 3.63) is 95.2 Å². The number of carbonyl (C=O) groups is 1. The van der Waals surface area contributed by atoms with Crippen LogP contribution in [0, 0.1) is 0 Å². The molecule has 186 valence electrons. The van der Waals surface area contributed by atoms with Gasteiger partial charge < -0.3 is 18.9 Å². The molecule has 0 unspecified atom stereocenters. The zero-order valence-corrected chi connectivity index (χ0v) is 21.4. The number of amides is 1. The van der Waals surface area contributed by atoms with E-state index in [0.717, 1.165) is 16.6 Å². The molecule has 3 aromatic carbocycles. The highest BCUT2D eigenvalue weighted by atomic mass is 35.5. The number of anilines is 1. The Morgan fingerprint density at radius 3 is 2.51 bits per heavy atom. The molecule has 2 aromatic heterocycles. The van der Waals surface area contributed by atoms with Gasteiger partial charge in [0.25, 0.3) is 0 Å². The number of benzene rings is 3. The van der Waals surface area contributed by atoms with Crippen LogP contribution in [0.4, 0.5) is 5.69 Å². The van der Waals surface area contributed by atoms with Gasteiger partial charge in [-0.2, -0.15) is 0 Å². The first-order valence-corrected chi connectivity index (χ1v) is 12.2. The Balaban J connectivity index is 1.34. The summed E-state index contributed by atoms with van der Waals surface area (Å²) in [5, 5.41) is 3.52. The average Bonchev–Trinajstić information content (AvgIpc) is 3.55. The minimum atomic E-state index is -0.334. The second-order valence-corrected chi connectivity index (χ2v) is 9.28. The van der Waals surface area contributed by atoms with E-state index in [1.54, 1.807) is 43.5 Å². The lowest BCUT2D eigenvalue weighted by Gasteiger charge is -2.10. The van der Waals surface area contributed by atoms with Crippen LogP contribution in [0.1, 0.15) is 31.1 Å². The van der Waals surface area contributed by atoms with Gasteiger partial charge in [-0.3, -0.25) is 4.79 Å². The van der Waals surface area contributed by atoms with E-state index in [9.17, 15) is 4.79 Å². The van der Waals surface area contributed by atoms with Gasteiger partial charge in [0, 0.05) is 22.2 Å². The average molecular weight is 513 g/mol. The van der Waals surface area contributed by atoms with Crippen molar-refractivity contribution in [2.24, 2.45) is 0 Å². The van der Waals surface area contributed by atoms with Crippen LogP contribution in [-0.2, 0) is 4.79 Å². The first kappa shape index (κ1) is 24.4. The quantitative estimate of drug-likeness (QED) is 0.222. The Labute approximate surface area is 219 Å². The number of rotatable bonds is 7. The molecule has 0 atom stereocenters. The third kappa shape index (κ3) is 5.44. The third-order valence-electron chi connectivity index (χ3n) is 5.94. The molecule has 0 bridgehead atoms. The normalized spacial score (nSPS) is 11.5. The first-order valence-electron chi connectivity index (χ1n) is 11.8. The summed E-state index contributed by atoms with van der Waals surface area (Å²) in [5.74, 6) is 2.28. The second kappa shape index (κ2) is 10.4. The van der Waals surface area contributed by atoms with Crippen LogP contribution in [0.15, 0.2) is 87.7 Å². The number of furan rings is 1. The number of ether oxygens (including phenoxy) is 1. The fourth-order valence-corrected chi connectivity index (χ4v) is 4.04. The number of aromatic nitrogens is 1. The SMILES string of the molecule is COc1ccc(-c2nc3cc(C(C)C)ccc3o2)cc1NC(=O)/C=C/c1ccc(-c2ccc(Cl)cc2)o1. The van der Waals surface area contributed by atoms with Crippen LogP contribution in [-0.4, -0.2) is 18.0 Å². The Bertz CT molecular complexity index is 1600. The van der Waals surface area contributed by atoms with E-state index in [-0.39, 0.29) is 5.91 Å². The van der Waals surface area contributed by atoms with Gasteiger partial charge in [-0.1, -0.05) is 31.5 Å². The highest BCUT2D eigenvalue weighted by molar-refractivity contribution is 6.30. The van der Waals surface area contributed by atoms with Crippen molar-refractivity contribution < 1.29 is 18.4 Å². The summed E-state index contributed by atoms with van der Waals surface area (Å²) in [7, 11) is 1.55. The second-order valence-electron chi connectivity index (χ2n) is 8.85. The highest BCUT2D eigenvalue weighted by Gasteiger charge is 2.14. The summed E-state index contributed by atoms with van der Waals surface area (Å²) in [5.41, 5.74) is 4.82. The zero-order chi connectivity index (χ0) is 25.9. The van der Waals surface area contributed by atoms with Crippen LogP contribution < -0.4 is 10.1 Å². The standard InChI is InChI=1S/C30H25ClN2O4/c1-18(2)20-6-13-28-25(16-20)33-30(37-28)21-7-12-27(35-3)24(17-21)32-29(34)15-11-23-10-14-26(36-23)19-4-8-22(31)9-5-19/h4-18H,1-3H3,(H,32,34)/b15-11+. The van der Waals surface area contributed by atoms with E-state index >= 15 is 0 Å². The summed E-state index contributed by atoms with van der Waals surface area (Å²) in [4.78, 5) is 17.4. The minimum absolute atomic E-state index is 0.334. The predicted molar refractivity (Wildman–Crippen MR) is 147 cm³/mol. The van der Waals surface area contributed by atoms with Crippen LogP contribution in [0.25, 0.3) is 40.0 Å². The maximum atomic E-state index is 12.7. The number of nitrogens with zero attached hydrogens (tertiary/aromatic N) is 1. The number of nitrogens with one attached hydrogen (secondary N) is 1. The monoisotopic (exact) mass is 512 g/mol. The van der Waals surface area contributed by atoms with Crippen LogP contribution in [0.5, 0.6) is 5.75 Å². The Hall–Kier alpha value is -4.29. The number of hydrogen-bond acceptors (Lipinski definition) is 5. The van der Waals surface area contributed by atoms with Crippen molar-refractivity contribution in [1.82, 2.24) is 4.98 Å². The number of methoxy groups -OCH3 is 1. The summed E-state index contributed by atoms with van der Waals surface area (Å²) < 4.78 is 17.2. The van der Waals surface area contributed by atoms with Crippen molar-refractivity contribution in [1.29, 1.82) is 0 Å². The largest absolute Gasteiger partial charge is 0.495 e. The van der Waals surface area contributed by atoms with Crippen LogP contribution >= 0.6 is 11.6 Å². The molecule has 0 aliphatic rings. The topological polar surface area (TPSA) is 77.5 Å². The summed E-state index contributed by atoms with van der Waals surface area (Å²) >= 11 is 5.95. The van der Waals surface area contributed by atoms with Crippen molar-refractivity contribution in [2.75, 3.05) is 12.4 Å². The third-order valence-corrected chi connectivity index (χ3v) is 6.19. The molecular weight excluding hydrogens is 488 g/mol. The van der Waals surface area contributed by atoms with Gasteiger partial charge in [0.05, 0.1) is 12.8 Å². The van der Waals surface area contributed by atoms with Crippen LogP contribution in [0.2, 0.25) is 5.02 Å². The number of halogens is 1. The van der Waals surface area contributed by atoms with E-state index in [4.69, 9.17) is 25.2 Å². The summed E-state index contributed by atoms with van der Waals surface area (Å²) in [6.45, 7) is 4.28. The fourth-order valence-electron chi connectivity index (χ4n) is 3.91. The molecule has 5 rings (SSSR count). The Morgan fingerprint density at radius 1 is 0.973 bits per heavy atom. The van der Waals surface area contributed by atoms with Crippen LogP contribution in [0.3, 0.4) is 0 Å². The predicted octanol–water partition coefficient (Wildman–Crippen LogP) is 8.19. The molecule has 7 heteroatoms. The highest BCUT2D eigenvalue weighted by Crippen LogP contribution is 2.33. The summed E-state index contributed by atoms with van der Waals surface area (Å²) in [6, 6.07) is 22.4. The lowest BCUT2D eigenvalue weighted by Crippen LogP contribution is -2.09. The molecule has 1 N–H and O–H groups in total. The smallest absolute Gasteiger partial charge is 0.248 e. The van der Waals surface area contributed by atoms with Gasteiger partial charge in [-0.15, -0.1) is 0 Å². The maximum Gasteiger partial charge on any atom is 0.248 e. The van der Waals surface area contributed by atoms with Gasteiger partial charge in [-0.05, 0) is 84.3 Å². The van der Waals surface area contributed by atoms with Gasteiger partial charge >= 0.3 is 0 Å². The fraction of sp³-hybridized carbons (Fsp3) is 0.133. The van der Waals surface area contributed by atoms with Gasteiger partial charge in [0.1, 0.15) is 22.8 Å². The Morgan fingerprint density at radius 2 is 1.76 bits per heavy atom. The number of hydrogen-bond donors (Lipinski definition) is 1. The molecule has 0 radical (unpaired) electrons. The molecule has 0 saturated heterocycles. The maximum absolute atomic E-state index is 12.7. The van der Waals surface area contributed by atoms with Crippen molar-refractivity contribution in [3.8, 4) is 28.5 Å². The van der Waals surface area contributed by atoms with Gasteiger partial charge in [0.2, 0.25) is 11.8 Å². The van der Waals surface area contributed by atoms with Crippen molar-refractivity contribution in [3.63, 3.8) is 0 Å².